The number of benzene rings is 3. The highest BCUT2D eigenvalue weighted by Crippen LogP contribution is 2.31. The Morgan fingerprint density at radius 1 is 1.06 bits per heavy atom. The number of Topliss-reactive ketones (excluding diaryl/α,β-unsaturated/α-hetero) is 1. The van der Waals surface area contributed by atoms with E-state index in [9.17, 15) is 4.79 Å². The van der Waals surface area contributed by atoms with E-state index in [1.54, 1.807) is 30.3 Å². The maximum atomic E-state index is 13.6. The van der Waals surface area contributed by atoms with Crippen LogP contribution in [0.2, 0.25) is 0 Å². The number of aliphatic hydroxyl groups excluding tert-OH is 1. The number of anilines is 1. The van der Waals surface area contributed by atoms with E-state index < -0.39 is 17.9 Å². The highest BCUT2D eigenvalue weighted by atomic mass is 32.1. The number of aliphatic hydroxyl groups is 1. The van der Waals surface area contributed by atoms with Crippen molar-refractivity contribution >= 4 is 29.6 Å². The molecule has 34 heavy (non-hydrogen) atoms. The van der Waals surface area contributed by atoms with Gasteiger partial charge in [-0.2, -0.15) is 0 Å². The fraction of sp³-hybridized carbons (Fsp3) is 0.231. The number of carbonyl (C=O) groups is 1. The van der Waals surface area contributed by atoms with Gasteiger partial charge in [-0.1, -0.05) is 60.2 Å². The number of hydrogen-bond donors (Lipinski definition) is 3. The molecule has 0 saturated carbocycles. The monoisotopic (exact) mass is 477 g/mol. The van der Waals surface area contributed by atoms with E-state index in [1.165, 1.54) is 7.11 Å². The van der Waals surface area contributed by atoms with E-state index in [2.05, 4.69) is 9.68 Å². The van der Waals surface area contributed by atoms with Crippen LogP contribution < -0.4 is 14.8 Å². The summed E-state index contributed by atoms with van der Waals surface area (Å²) in [6.07, 6.45) is 0. The molecule has 0 spiro atoms. The number of aryl methyl sites for hydroxylation is 1. The van der Waals surface area contributed by atoms with Gasteiger partial charge in [0.1, 0.15) is 35.9 Å². The van der Waals surface area contributed by atoms with Gasteiger partial charge in [0.25, 0.3) is 0 Å². The molecular formula is C26H27N3O4S. The molecule has 0 aliphatic carbocycles. The molecule has 0 aromatic heterocycles. The van der Waals surface area contributed by atoms with Crippen molar-refractivity contribution in [1.82, 2.24) is 0 Å². The van der Waals surface area contributed by atoms with Gasteiger partial charge in [-0.05, 0) is 18.1 Å². The fourth-order valence-corrected chi connectivity index (χ4v) is 3.68. The van der Waals surface area contributed by atoms with Crippen LogP contribution in [0.5, 0.6) is 11.5 Å². The first kappa shape index (κ1) is 25.0. The van der Waals surface area contributed by atoms with Crippen LogP contribution in [0.3, 0.4) is 0 Å². The molecule has 0 aliphatic heterocycles. The molecule has 0 amide bonds. The molecule has 0 heterocycles. The lowest BCUT2D eigenvalue weighted by molar-refractivity contribution is -0.114. The van der Waals surface area contributed by atoms with Crippen molar-refractivity contribution < 1.29 is 19.4 Å². The first-order valence-electron chi connectivity index (χ1n) is 10.7. The molecule has 0 bridgehead atoms. The molecule has 0 saturated heterocycles. The Balaban J connectivity index is 1.98. The second kappa shape index (κ2) is 12.0. The summed E-state index contributed by atoms with van der Waals surface area (Å²) in [6.45, 7) is 1.95. The smallest absolute Gasteiger partial charge is 0.205 e. The summed E-state index contributed by atoms with van der Waals surface area (Å²) in [6, 6.07) is 20.0. The number of ether oxygens (including phenoxy) is 2. The normalized spacial score (nSPS) is 12.3. The number of methoxy groups -OCH3 is 1. The van der Waals surface area contributed by atoms with Crippen LogP contribution in [0.25, 0.3) is 0 Å². The number of nitrogens with one attached hydrogen (secondary N) is 2. The number of carbonyl (C=O) groups excluding carboxylic acids is 1. The van der Waals surface area contributed by atoms with Gasteiger partial charge in [-0.15, -0.1) is 0 Å². The maximum absolute atomic E-state index is 13.6. The lowest BCUT2D eigenvalue weighted by Gasteiger charge is -2.22. The lowest BCUT2D eigenvalue weighted by Crippen LogP contribution is -2.30. The largest absolute Gasteiger partial charge is 0.497 e. The second-order valence-corrected chi connectivity index (χ2v) is 7.86. The highest BCUT2D eigenvalue weighted by molar-refractivity contribution is 7.47. The summed E-state index contributed by atoms with van der Waals surface area (Å²) >= 11 is 4.95. The van der Waals surface area contributed by atoms with E-state index in [-0.39, 0.29) is 18.9 Å². The van der Waals surface area contributed by atoms with Gasteiger partial charge in [0.05, 0.1) is 13.7 Å². The molecule has 0 aliphatic rings. The zero-order chi connectivity index (χ0) is 24.5. The van der Waals surface area contributed by atoms with E-state index in [0.717, 1.165) is 5.56 Å². The molecular weight excluding hydrogens is 450 g/mol. The molecule has 3 rings (SSSR count). The third-order valence-electron chi connectivity index (χ3n) is 5.22. The van der Waals surface area contributed by atoms with Crippen molar-refractivity contribution in [2.24, 2.45) is 4.36 Å². The summed E-state index contributed by atoms with van der Waals surface area (Å²) < 4.78 is 14.8. The number of rotatable bonds is 12. The number of hydrogen-bond acceptors (Lipinski definition) is 8. The van der Waals surface area contributed by atoms with Crippen molar-refractivity contribution in [3.05, 3.63) is 89.5 Å². The van der Waals surface area contributed by atoms with Crippen molar-refractivity contribution in [3.63, 3.8) is 0 Å². The van der Waals surface area contributed by atoms with Crippen LogP contribution >= 0.6 is 0 Å². The van der Waals surface area contributed by atoms with Crippen LogP contribution in [0.15, 0.2) is 77.2 Å². The van der Waals surface area contributed by atoms with E-state index in [4.69, 9.17) is 32.4 Å². The Morgan fingerprint density at radius 2 is 1.74 bits per heavy atom. The Labute approximate surface area is 204 Å². The second-order valence-electron chi connectivity index (χ2n) is 7.65. The molecule has 0 radical (unpaired) electrons. The van der Waals surface area contributed by atoms with Crippen LogP contribution in [-0.2, 0) is 17.2 Å². The Kier molecular flexibility index (Phi) is 8.84. The van der Waals surface area contributed by atoms with Crippen LogP contribution in [0, 0.1) is 12.3 Å². The predicted molar refractivity (Wildman–Crippen MR) is 135 cm³/mol. The van der Waals surface area contributed by atoms with Crippen molar-refractivity contribution in [3.8, 4) is 11.5 Å². The standard InChI is InChI=1S/C26H27N3O4S/c1-17-8-10-19(11-9-17)25(26(31)23(27)24(29-34)18-6-4-3-5-7-18)28-20-14-21(32-2)16-22(15-20)33-13-12-30/h3-11,14-16,24-25,27-28,30H,12-13H2,1-2H3. The topological polar surface area (TPSA) is 104 Å². The molecule has 8 heteroatoms. The minimum atomic E-state index is -0.867. The summed E-state index contributed by atoms with van der Waals surface area (Å²) in [7, 11) is 1.53. The molecule has 3 aromatic rings. The summed E-state index contributed by atoms with van der Waals surface area (Å²) in [5.74, 6) is 0.543. The molecule has 3 N–H and O–H groups in total. The molecule has 2 atom stereocenters. The maximum Gasteiger partial charge on any atom is 0.205 e. The summed E-state index contributed by atoms with van der Waals surface area (Å²) in [5, 5.41) is 21.0. The first-order chi connectivity index (χ1) is 16.5. The van der Waals surface area contributed by atoms with Crippen LogP contribution in [0.1, 0.15) is 28.8 Å². The Bertz CT molecular complexity index is 1140. The Morgan fingerprint density at radius 3 is 2.35 bits per heavy atom. The number of ketones is 1. The van der Waals surface area contributed by atoms with Crippen LogP contribution in [-0.4, -0.2) is 36.9 Å². The van der Waals surface area contributed by atoms with Crippen molar-refractivity contribution in [1.29, 1.82) is 5.41 Å². The summed E-state index contributed by atoms with van der Waals surface area (Å²) in [5.41, 5.74) is 2.77. The number of nitrogens with zero attached hydrogens (tertiary/aromatic N) is 1. The van der Waals surface area contributed by atoms with Gasteiger partial charge < -0.3 is 19.9 Å². The third-order valence-corrected chi connectivity index (χ3v) is 5.43. The molecule has 2 unspecified atom stereocenters. The third kappa shape index (κ3) is 6.24. The van der Waals surface area contributed by atoms with Gasteiger partial charge in [0.2, 0.25) is 5.78 Å². The minimum absolute atomic E-state index is 0.122. The first-order valence-corrected chi connectivity index (χ1v) is 11.1. The average molecular weight is 478 g/mol. The Hall–Kier alpha value is -3.62. The SMILES string of the molecule is COc1cc(NC(C(=O)C(=N)C(N=S)c2ccccc2)c2ccc(C)cc2)cc(OCCO)c1. The van der Waals surface area contributed by atoms with Gasteiger partial charge >= 0.3 is 0 Å². The molecule has 3 aromatic carbocycles. The van der Waals surface area contributed by atoms with E-state index in [0.29, 0.717) is 28.3 Å². The minimum Gasteiger partial charge on any atom is -0.497 e. The molecule has 0 fully saturated rings. The average Bonchev–Trinajstić information content (AvgIpc) is 2.87. The van der Waals surface area contributed by atoms with E-state index in [1.807, 2.05) is 49.4 Å². The quantitative estimate of drug-likeness (QED) is 0.330. The zero-order valence-electron chi connectivity index (χ0n) is 19.0. The summed E-state index contributed by atoms with van der Waals surface area (Å²) in [4.78, 5) is 13.6. The zero-order valence-corrected chi connectivity index (χ0v) is 19.8. The van der Waals surface area contributed by atoms with Crippen molar-refractivity contribution in [2.45, 2.75) is 19.0 Å². The van der Waals surface area contributed by atoms with Gasteiger partial charge in [-0.25, -0.2) is 4.36 Å². The van der Waals surface area contributed by atoms with Gasteiger partial charge in [0.15, 0.2) is 0 Å². The predicted octanol–water partition coefficient (Wildman–Crippen LogP) is 4.59. The van der Waals surface area contributed by atoms with Crippen molar-refractivity contribution in [2.75, 3.05) is 25.6 Å². The van der Waals surface area contributed by atoms with Crippen LogP contribution in [0.4, 0.5) is 5.69 Å². The van der Waals surface area contributed by atoms with Gasteiger partial charge in [-0.3, -0.25) is 10.2 Å². The fourth-order valence-electron chi connectivity index (χ4n) is 3.45. The van der Waals surface area contributed by atoms with Gasteiger partial charge in [0, 0.05) is 36.3 Å². The molecule has 176 valence electrons. The lowest BCUT2D eigenvalue weighted by atomic mass is 9.92. The van der Waals surface area contributed by atoms with E-state index >= 15 is 0 Å². The molecule has 7 nitrogen and oxygen atoms in total. The highest BCUT2D eigenvalue weighted by Gasteiger charge is 2.30.